The molecule has 1 heterocycles. The molecule has 1 nitrogen and oxygen atoms in total. The van der Waals surface area contributed by atoms with E-state index in [1.807, 2.05) is 10.9 Å². The number of hydrogen-bond donors (Lipinski definition) is 0. The second-order valence-corrected chi connectivity index (χ2v) is 4.21. The molecule has 0 spiro atoms. The summed E-state index contributed by atoms with van der Waals surface area (Å²) in [6, 6.07) is 0. The molecule has 1 aromatic rings. The van der Waals surface area contributed by atoms with Crippen LogP contribution >= 0.6 is 23.7 Å². The van der Waals surface area contributed by atoms with Crippen molar-refractivity contribution in [1.82, 2.24) is 4.98 Å². The van der Waals surface area contributed by atoms with Crippen molar-refractivity contribution in [1.29, 1.82) is 0 Å². The van der Waals surface area contributed by atoms with E-state index in [0.717, 1.165) is 0 Å². The predicted octanol–water partition coefficient (Wildman–Crippen LogP) is 1.99. The summed E-state index contributed by atoms with van der Waals surface area (Å²) in [6.45, 7) is 0. The van der Waals surface area contributed by atoms with Crippen molar-refractivity contribution < 1.29 is 0 Å². The van der Waals surface area contributed by atoms with Gasteiger partial charge in [0.1, 0.15) is 0 Å². The molecular weight excluding hydrogens is 162 g/mol. The highest BCUT2D eigenvalue weighted by atomic mass is 79.9. The third-order valence-electron chi connectivity index (χ3n) is 0.438. The summed E-state index contributed by atoms with van der Waals surface area (Å²) in [5, 5.41) is 2.00. The van der Waals surface area contributed by atoms with Crippen LogP contribution in [0.25, 0.3) is 0 Å². The lowest BCUT2D eigenvalue weighted by Crippen LogP contribution is -1.38. The SMILES string of the molecule is Br[s+]1ccnc1. The van der Waals surface area contributed by atoms with E-state index in [1.165, 1.54) is 0 Å². The molecule has 0 saturated carbocycles. The van der Waals surface area contributed by atoms with Crippen LogP contribution in [-0.4, -0.2) is 4.98 Å². The number of aromatic nitrogens is 1. The van der Waals surface area contributed by atoms with Crippen LogP contribution in [0.15, 0.2) is 17.1 Å². The van der Waals surface area contributed by atoms with Crippen molar-refractivity contribution >= 4 is 23.7 Å². The lowest BCUT2D eigenvalue weighted by Gasteiger charge is -1.47. The van der Waals surface area contributed by atoms with Gasteiger partial charge in [-0.3, -0.25) is 0 Å². The largest absolute Gasteiger partial charge is 0.269 e. The quantitative estimate of drug-likeness (QED) is 0.535. The van der Waals surface area contributed by atoms with Gasteiger partial charge in [0, 0.05) is 0 Å². The smallest absolute Gasteiger partial charge is 0.208 e. The Morgan fingerprint density at radius 1 is 1.67 bits per heavy atom. The van der Waals surface area contributed by atoms with Crippen LogP contribution in [0.5, 0.6) is 0 Å². The van der Waals surface area contributed by atoms with Gasteiger partial charge in [-0.1, -0.05) is 0 Å². The molecule has 0 N–H and O–H groups in total. The van der Waals surface area contributed by atoms with Gasteiger partial charge >= 0.3 is 0 Å². The second kappa shape index (κ2) is 1.71. The van der Waals surface area contributed by atoms with Gasteiger partial charge in [0.15, 0.2) is 5.38 Å². The summed E-state index contributed by atoms with van der Waals surface area (Å²) >= 11 is 3.33. The van der Waals surface area contributed by atoms with Gasteiger partial charge in [-0.15, -0.1) is 0 Å². The molecule has 0 aromatic carbocycles. The molecule has 0 aliphatic rings. The van der Waals surface area contributed by atoms with Crippen LogP contribution in [0.2, 0.25) is 0 Å². The first-order valence-corrected chi connectivity index (χ1v) is 4.67. The Kier molecular flexibility index (Phi) is 1.22. The average molecular weight is 165 g/mol. The monoisotopic (exact) mass is 164 g/mol. The van der Waals surface area contributed by atoms with Crippen molar-refractivity contribution in [2.45, 2.75) is 0 Å². The van der Waals surface area contributed by atoms with Gasteiger partial charge in [-0.25, -0.2) is 4.98 Å². The normalized spacial score (nSPS) is 11.8. The maximum atomic E-state index is 3.82. The summed E-state index contributed by atoms with van der Waals surface area (Å²) in [5.74, 6) is 0. The highest BCUT2D eigenvalue weighted by Gasteiger charge is 1.90. The number of hydrogen-bond acceptors (Lipinski definition) is 1. The Balaban J connectivity index is 3.05. The third-order valence-corrected chi connectivity index (χ3v) is 2.29. The van der Waals surface area contributed by atoms with Crippen molar-refractivity contribution in [2.75, 3.05) is 0 Å². The fourth-order valence-corrected chi connectivity index (χ4v) is 1.24. The van der Waals surface area contributed by atoms with Gasteiger partial charge in [0.2, 0.25) is 5.51 Å². The first-order chi connectivity index (χ1) is 2.89. The van der Waals surface area contributed by atoms with Crippen LogP contribution in [0, 0.1) is 0 Å². The van der Waals surface area contributed by atoms with E-state index in [9.17, 15) is 0 Å². The molecule has 0 fully saturated rings. The van der Waals surface area contributed by atoms with E-state index >= 15 is 0 Å². The van der Waals surface area contributed by atoms with Gasteiger partial charge in [0.05, 0.1) is 15.1 Å². The first kappa shape index (κ1) is 4.27. The first-order valence-electron chi connectivity index (χ1n) is 1.48. The van der Waals surface area contributed by atoms with Crippen molar-refractivity contribution in [3.8, 4) is 0 Å². The summed E-state index contributed by atoms with van der Waals surface area (Å²) in [6.07, 6.45) is 1.79. The van der Waals surface area contributed by atoms with Crippen LogP contribution in [-0.2, 0) is 0 Å². The zero-order valence-corrected chi connectivity index (χ0v) is 5.37. The molecule has 32 valence electrons. The molecule has 3 heteroatoms. The van der Waals surface area contributed by atoms with Crippen molar-refractivity contribution in [2.24, 2.45) is 0 Å². The molecule has 0 aliphatic heterocycles. The summed E-state index contributed by atoms with van der Waals surface area (Å²) in [4.78, 5) is 3.82. The molecule has 6 heavy (non-hydrogen) atoms. The summed E-state index contributed by atoms with van der Waals surface area (Å²) in [5.41, 5.74) is 1.86. The minimum Gasteiger partial charge on any atom is -0.208 e. The second-order valence-electron chi connectivity index (χ2n) is 0.854. The van der Waals surface area contributed by atoms with Gasteiger partial charge < -0.3 is 0 Å². The summed E-state index contributed by atoms with van der Waals surface area (Å²) < 4.78 is 0. The zero-order valence-electron chi connectivity index (χ0n) is 2.97. The summed E-state index contributed by atoms with van der Waals surface area (Å²) in [7, 11) is 0.167. The highest BCUT2D eigenvalue weighted by Crippen LogP contribution is 2.20. The van der Waals surface area contributed by atoms with E-state index < -0.39 is 0 Å². The standard InChI is InChI=1S/C3H3BrNS/c4-6-2-1-5-3-6/h1-3H/q+1. The molecule has 1 unspecified atom stereocenters. The van der Waals surface area contributed by atoms with Crippen LogP contribution in [0.1, 0.15) is 0 Å². The number of halogens is 1. The van der Waals surface area contributed by atoms with E-state index in [4.69, 9.17) is 0 Å². The maximum absolute atomic E-state index is 3.82. The van der Waals surface area contributed by atoms with E-state index in [0.29, 0.717) is 0 Å². The van der Waals surface area contributed by atoms with E-state index in [1.54, 1.807) is 6.20 Å². The highest BCUT2D eigenvalue weighted by molar-refractivity contribution is 9.34. The minimum atomic E-state index is 0.167. The molecule has 0 radical (unpaired) electrons. The Bertz CT molecular complexity index is 114. The number of nitrogens with zero attached hydrogens (tertiary/aromatic N) is 1. The lowest BCUT2D eigenvalue weighted by molar-refractivity contribution is 1.43. The van der Waals surface area contributed by atoms with Crippen LogP contribution in [0.3, 0.4) is 0 Å². The number of rotatable bonds is 0. The fraction of sp³-hybridized carbons (Fsp3) is 0. The molecule has 0 aliphatic carbocycles. The molecule has 0 amide bonds. The Hall–Kier alpha value is 0.110. The van der Waals surface area contributed by atoms with E-state index in [-0.39, 0.29) is 8.90 Å². The molecule has 0 bridgehead atoms. The van der Waals surface area contributed by atoms with E-state index in [2.05, 4.69) is 19.8 Å². The lowest BCUT2D eigenvalue weighted by atomic mass is 11.0. The molecule has 1 rings (SSSR count). The van der Waals surface area contributed by atoms with Gasteiger partial charge in [-0.2, -0.15) is 0 Å². The van der Waals surface area contributed by atoms with Crippen molar-refractivity contribution in [3.05, 3.63) is 17.1 Å². The molecular formula is C3H3BrNS+. The Morgan fingerprint density at radius 3 is 2.67 bits per heavy atom. The maximum Gasteiger partial charge on any atom is 0.269 e. The average Bonchev–Trinajstić information content (AvgIpc) is 1.86. The molecule has 1 aromatic heterocycles. The third kappa shape index (κ3) is 0.786. The Morgan fingerprint density at radius 2 is 2.50 bits per heavy atom. The Labute approximate surface area is 46.2 Å². The predicted molar refractivity (Wildman–Crippen MR) is 31.0 cm³/mol. The minimum absolute atomic E-state index is 0.167. The zero-order chi connectivity index (χ0) is 4.41. The van der Waals surface area contributed by atoms with Crippen LogP contribution < -0.4 is 0 Å². The molecule has 0 saturated heterocycles. The fourth-order valence-electron chi connectivity index (χ4n) is 0.222. The van der Waals surface area contributed by atoms with Gasteiger partial charge in [0.25, 0.3) is 14.8 Å². The van der Waals surface area contributed by atoms with Crippen LogP contribution in [0.4, 0.5) is 0 Å². The number of thiazole rings is 1. The van der Waals surface area contributed by atoms with Gasteiger partial charge in [-0.05, 0) is 0 Å². The topological polar surface area (TPSA) is 12.9 Å². The van der Waals surface area contributed by atoms with Crippen molar-refractivity contribution in [3.63, 3.8) is 0 Å². The molecule has 1 atom stereocenters.